The van der Waals surface area contributed by atoms with Crippen molar-refractivity contribution >= 4 is 0 Å². The van der Waals surface area contributed by atoms with Crippen LogP contribution in [0.2, 0.25) is 0 Å². The van der Waals surface area contributed by atoms with Crippen LogP contribution in [0.15, 0.2) is 0 Å². The van der Waals surface area contributed by atoms with Crippen LogP contribution >= 0.6 is 0 Å². The van der Waals surface area contributed by atoms with E-state index in [-0.39, 0.29) is 5.60 Å². The van der Waals surface area contributed by atoms with Crippen LogP contribution in [0.25, 0.3) is 0 Å². The molecule has 2 aliphatic rings. The zero-order valence-electron chi connectivity index (χ0n) is 14.1. The number of nitrogens with one attached hydrogen (secondary N) is 1. The standard InChI is InChI=1S/C18H35NO/c1-5-13-19-16(14-15-7-8-15)18(20-6-2)11-9-17(3,4)10-12-18/h15-16,19H,5-14H2,1-4H3. The Bertz CT molecular complexity index is 286. The second kappa shape index (κ2) is 6.79. The van der Waals surface area contributed by atoms with E-state index in [4.69, 9.17) is 4.74 Å². The molecule has 1 unspecified atom stereocenters. The smallest absolute Gasteiger partial charge is 0.0835 e. The van der Waals surface area contributed by atoms with Crippen LogP contribution in [0.5, 0.6) is 0 Å². The van der Waals surface area contributed by atoms with Crippen LogP contribution in [-0.2, 0) is 4.74 Å². The van der Waals surface area contributed by atoms with Gasteiger partial charge in [0.1, 0.15) is 0 Å². The van der Waals surface area contributed by atoms with E-state index in [1.54, 1.807) is 0 Å². The molecule has 0 aromatic rings. The zero-order valence-corrected chi connectivity index (χ0v) is 14.1. The molecule has 1 N–H and O–H groups in total. The molecule has 0 spiro atoms. The van der Waals surface area contributed by atoms with Gasteiger partial charge in [-0.15, -0.1) is 0 Å². The summed E-state index contributed by atoms with van der Waals surface area (Å²) in [7, 11) is 0. The van der Waals surface area contributed by atoms with E-state index in [2.05, 4.69) is 33.0 Å². The summed E-state index contributed by atoms with van der Waals surface area (Å²) in [5, 5.41) is 3.84. The Morgan fingerprint density at radius 1 is 1.10 bits per heavy atom. The average Bonchev–Trinajstić information content (AvgIpc) is 3.22. The molecular weight excluding hydrogens is 246 g/mol. The number of rotatable bonds is 8. The van der Waals surface area contributed by atoms with E-state index in [0.29, 0.717) is 11.5 Å². The molecule has 1 atom stereocenters. The lowest BCUT2D eigenvalue weighted by Crippen LogP contribution is -2.55. The van der Waals surface area contributed by atoms with Crippen molar-refractivity contribution in [2.75, 3.05) is 13.2 Å². The normalized spacial score (nSPS) is 26.4. The Labute approximate surface area is 126 Å². The minimum Gasteiger partial charge on any atom is -0.374 e. The van der Waals surface area contributed by atoms with Crippen molar-refractivity contribution in [1.82, 2.24) is 5.32 Å². The fourth-order valence-corrected chi connectivity index (χ4v) is 3.72. The quantitative estimate of drug-likeness (QED) is 0.706. The first-order chi connectivity index (χ1) is 9.51. The molecule has 2 aliphatic carbocycles. The van der Waals surface area contributed by atoms with Gasteiger partial charge in [-0.05, 0) is 63.3 Å². The first-order valence-electron chi connectivity index (χ1n) is 8.89. The minimum absolute atomic E-state index is 0.113. The summed E-state index contributed by atoms with van der Waals surface area (Å²) in [5.41, 5.74) is 0.623. The predicted molar refractivity (Wildman–Crippen MR) is 86.0 cm³/mol. The van der Waals surface area contributed by atoms with Crippen LogP contribution in [-0.4, -0.2) is 24.8 Å². The van der Waals surface area contributed by atoms with Crippen LogP contribution in [0.4, 0.5) is 0 Å². The Balaban J connectivity index is 2.05. The molecule has 2 heteroatoms. The molecule has 0 heterocycles. The maximum absolute atomic E-state index is 6.39. The van der Waals surface area contributed by atoms with Gasteiger partial charge in [0.05, 0.1) is 5.60 Å². The Morgan fingerprint density at radius 3 is 2.25 bits per heavy atom. The van der Waals surface area contributed by atoms with E-state index in [1.165, 1.54) is 51.4 Å². The second-order valence-electron chi connectivity index (χ2n) is 7.85. The summed E-state index contributed by atoms with van der Waals surface area (Å²) in [5.74, 6) is 0.969. The Morgan fingerprint density at radius 2 is 1.75 bits per heavy atom. The molecule has 0 amide bonds. The topological polar surface area (TPSA) is 21.3 Å². The Hall–Kier alpha value is -0.0800. The van der Waals surface area contributed by atoms with Gasteiger partial charge in [0.15, 0.2) is 0 Å². The molecule has 0 bridgehead atoms. The van der Waals surface area contributed by atoms with E-state index in [1.807, 2.05) is 0 Å². The van der Waals surface area contributed by atoms with Gasteiger partial charge in [-0.1, -0.05) is 33.6 Å². The van der Waals surface area contributed by atoms with Gasteiger partial charge in [0, 0.05) is 12.6 Å². The number of hydrogen-bond acceptors (Lipinski definition) is 2. The maximum Gasteiger partial charge on any atom is 0.0835 e. The highest BCUT2D eigenvalue weighted by Gasteiger charge is 2.45. The maximum atomic E-state index is 6.39. The first-order valence-corrected chi connectivity index (χ1v) is 8.89. The lowest BCUT2D eigenvalue weighted by molar-refractivity contribution is -0.108. The molecule has 118 valence electrons. The van der Waals surface area contributed by atoms with E-state index in [0.717, 1.165) is 19.1 Å². The first kappa shape index (κ1) is 16.3. The summed E-state index contributed by atoms with van der Waals surface area (Å²) in [6.07, 6.45) is 10.5. The van der Waals surface area contributed by atoms with Gasteiger partial charge in [-0.3, -0.25) is 0 Å². The van der Waals surface area contributed by atoms with Crippen molar-refractivity contribution < 1.29 is 4.74 Å². The van der Waals surface area contributed by atoms with Crippen LogP contribution in [0.1, 0.15) is 79.1 Å². The SMILES string of the molecule is CCCNC(CC1CC1)C1(OCC)CCC(C)(C)CC1. The summed E-state index contributed by atoms with van der Waals surface area (Å²) >= 11 is 0. The third kappa shape index (κ3) is 4.21. The fraction of sp³-hybridized carbons (Fsp3) is 1.00. The molecule has 0 aliphatic heterocycles. The summed E-state index contributed by atoms with van der Waals surface area (Å²) in [6, 6.07) is 0.575. The molecular formula is C18H35NO. The predicted octanol–water partition coefficient (Wildman–Crippen LogP) is 4.53. The molecule has 2 nitrogen and oxygen atoms in total. The van der Waals surface area contributed by atoms with Gasteiger partial charge >= 0.3 is 0 Å². The summed E-state index contributed by atoms with van der Waals surface area (Å²) < 4.78 is 6.39. The lowest BCUT2D eigenvalue weighted by Gasteiger charge is -2.48. The van der Waals surface area contributed by atoms with Gasteiger partial charge in [0.2, 0.25) is 0 Å². The fourth-order valence-electron chi connectivity index (χ4n) is 3.72. The van der Waals surface area contributed by atoms with Crippen molar-refractivity contribution in [3.63, 3.8) is 0 Å². The van der Waals surface area contributed by atoms with Crippen LogP contribution in [0, 0.1) is 11.3 Å². The average molecular weight is 281 g/mol. The minimum atomic E-state index is 0.113. The van der Waals surface area contributed by atoms with Gasteiger partial charge in [-0.2, -0.15) is 0 Å². The number of ether oxygens (including phenoxy) is 1. The molecule has 2 fully saturated rings. The molecule has 0 radical (unpaired) electrons. The summed E-state index contributed by atoms with van der Waals surface area (Å²) in [6.45, 7) is 11.2. The molecule has 20 heavy (non-hydrogen) atoms. The monoisotopic (exact) mass is 281 g/mol. The van der Waals surface area contributed by atoms with Gasteiger partial charge in [0.25, 0.3) is 0 Å². The summed E-state index contributed by atoms with van der Waals surface area (Å²) in [4.78, 5) is 0. The largest absolute Gasteiger partial charge is 0.374 e. The number of hydrogen-bond donors (Lipinski definition) is 1. The third-order valence-corrected chi connectivity index (χ3v) is 5.42. The van der Waals surface area contributed by atoms with Crippen LogP contribution < -0.4 is 5.32 Å². The molecule has 0 saturated heterocycles. The molecule has 2 saturated carbocycles. The lowest BCUT2D eigenvalue weighted by atomic mass is 9.67. The second-order valence-corrected chi connectivity index (χ2v) is 7.85. The van der Waals surface area contributed by atoms with Crippen molar-refractivity contribution in [2.45, 2.75) is 90.7 Å². The zero-order chi connectivity index (χ0) is 14.6. The van der Waals surface area contributed by atoms with Gasteiger partial charge in [-0.25, -0.2) is 0 Å². The van der Waals surface area contributed by atoms with Crippen molar-refractivity contribution in [3.05, 3.63) is 0 Å². The van der Waals surface area contributed by atoms with E-state index in [9.17, 15) is 0 Å². The highest BCUT2D eigenvalue weighted by atomic mass is 16.5. The van der Waals surface area contributed by atoms with Crippen LogP contribution in [0.3, 0.4) is 0 Å². The van der Waals surface area contributed by atoms with Crippen molar-refractivity contribution in [3.8, 4) is 0 Å². The van der Waals surface area contributed by atoms with E-state index >= 15 is 0 Å². The highest BCUT2D eigenvalue weighted by Crippen LogP contribution is 2.46. The Kier molecular flexibility index (Phi) is 5.53. The highest BCUT2D eigenvalue weighted by molar-refractivity contribution is 5.00. The molecule has 0 aromatic carbocycles. The van der Waals surface area contributed by atoms with Gasteiger partial charge < -0.3 is 10.1 Å². The van der Waals surface area contributed by atoms with E-state index < -0.39 is 0 Å². The van der Waals surface area contributed by atoms with Crippen molar-refractivity contribution in [1.29, 1.82) is 0 Å². The third-order valence-electron chi connectivity index (χ3n) is 5.42. The van der Waals surface area contributed by atoms with Crippen molar-refractivity contribution in [2.24, 2.45) is 11.3 Å². The molecule has 0 aromatic heterocycles. The molecule has 2 rings (SSSR count).